The summed E-state index contributed by atoms with van der Waals surface area (Å²) in [5.41, 5.74) is 2.82. The molecule has 0 saturated carbocycles. The van der Waals surface area contributed by atoms with Crippen LogP contribution in [0.2, 0.25) is 0 Å². The highest BCUT2D eigenvalue weighted by Crippen LogP contribution is 2.31. The lowest BCUT2D eigenvalue weighted by atomic mass is 9.97. The summed E-state index contributed by atoms with van der Waals surface area (Å²) >= 11 is 0. The Balaban J connectivity index is 1.51. The van der Waals surface area contributed by atoms with Crippen LogP contribution in [0.1, 0.15) is 41.6 Å². The molecule has 0 bridgehead atoms. The predicted molar refractivity (Wildman–Crippen MR) is 94.4 cm³/mol. The van der Waals surface area contributed by atoms with Crippen LogP contribution in [-0.2, 0) is 11.3 Å². The number of nitrogens with zero attached hydrogens (tertiary/aromatic N) is 2. The van der Waals surface area contributed by atoms with Gasteiger partial charge in [0.05, 0.1) is 0 Å². The molecular formula is C19H25N3O3. The van der Waals surface area contributed by atoms with Gasteiger partial charge in [-0.15, -0.1) is 0 Å². The minimum atomic E-state index is -0.336. The molecule has 6 nitrogen and oxygen atoms in total. The zero-order valence-electron chi connectivity index (χ0n) is 14.4. The second-order valence-electron chi connectivity index (χ2n) is 7.34. The van der Waals surface area contributed by atoms with Crippen molar-refractivity contribution in [2.75, 3.05) is 31.1 Å². The van der Waals surface area contributed by atoms with E-state index in [4.69, 9.17) is 0 Å². The molecule has 2 fully saturated rings. The van der Waals surface area contributed by atoms with Crippen molar-refractivity contribution in [1.82, 2.24) is 10.2 Å². The molecular weight excluding hydrogens is 318 g/mol. The normalized spacial score (nSPS) is 24.4. The van der Waals surface area contributed by atoms with E-state index in [9.17, 15) is 14.7 Å². The molecule has 0 aromatic heterocycles. The van der Waals surface area contributed by atoms with Gasteiger partial charge >= 0.3 is 0 Å². The van der Waals surface area contributed by atoms with Crippen molar-refractivity contribution in [1.29, 1.82) is 0 Å². The van der Waals surface area contributed by atoms with Crippen molar-refractivity contribution in [3.8, 4) is 0 Å². The first-order chi connectivity index (χ1) is 12.2. The summed E-state index contributed by atoms with van der Waals surface area (Å²) in [6, 6.07) is 5.76. The molecule has 134 valence electrons. The van der Waals surface area contributed by atoms with Gasteiger partial charge in [-0.1, -0.05) is 6.07 Å². The van der Waals surface area contributed by atoms with Crippen molar-refractivity contribution in [3.63, 3.8) is 0 Å². The van der Waals surface area contributed by atoms with Crippen LogP contribution < -0.4 is 10.2 Å². The van der Waals surface area contributed by atoms with Crippen LogP contribution in [0, 0.1) is 5.92 Å². The Hall–Kier alpha value is -2.08. The van der Waals surface area contributed by atoms with Crippen molar-refractivity contribution < 1.29 is 14.7 Å². The second-order valence-corrected chi connectivity index (χ2v) is 7.34. The number of rotatable bonds is 3. The van der Waals surface area contributed by atoms with Gasteiger partial charge in [0.25, 0.3) is 5.91 Å². The predicted octanol–water partition coefficient (Wildman–Crippen LogP) is 1.13. The highest BCUT2D eigenvalue weighted by molar-refractivity contribution is 6.02. The van der Waals surface area contributed by atoms with Crippen LogP contribution in [0.15, 0.2) is 18.2 Å². The van der Waals surface area contributed by atoms with E-state index >= 15 is 0 Å². The highest BCUT2D eigenvalue weighted by atomic mass is 16.3. The first-order valence-electron chi connectivity index (χ1n) is 9.25. The standard InChI is InChI=1S/C19H25N3O3/c23-12-13-5-8-21(9-6-13)15-4-3-14-11-22(19(25)16(14)10-15)17-2-1-7-20-18(17)24/h3-4,10,13,17,23H,1-2,5-9,11-12H2,(H,20,24). The number of carbonyl (C=O) groups is 2. The fourth-order valence-corrected chi connectivity index (χ4v) is 4.19. The molecule has 2 saturated heterocycles. The zero-order valence-corrected chi connectivity index (χ0v) is 14.4. The van der Waals surface area contributed by atoms with E-state index in [1.54, 1.807) is 4.90 Å². The summed E-state index contributed by atoms with van der Waals surface area (Å²) in [6.45, 7) is 3.31. The first kappa shape index (κ1) is 16.4. The van der Waals surface area contributed by atoms with E-state index < -0.39 is 0 Å². The summed E-state index contributed by atoms with van der Waals surface area (Å²) in [4.78, 5) is 29.0. The molecule has 2 amide bonds. The number of piperidine rings is 2. The quantitative estimate of drug-likeness (QED) is 0.863. The van der Waals surface area contributed by atoms with Crippen LogP contribution >= 0.6 is 0 Å². The third-order valence-corrected chi connectivity index (χ3v) is 5.80. The van der Waals surface area contributed by atoms with E-state index in [0.29, 0.717) is 19.0 Å². The molecule has 3 aliphatic heterocycles. The summed E-state index contributed by atoms with van der Waals surface area (Å²) in [6.07, 6.45) is 3.63. The number of benzene rings is 1. The topological polar surface area (TPSA) is 72.9 Å². The summed E-state index contributed by atoms with van der Waals surface area (Å²) in [5, 5.41) is 12.2. The molecule has 1 aromatic carbocycles. The number of carbonyl (C=O) groups excluding carboxylic acids is 2. The second kappa shape index (κ2) is 6.67. The Morgan fingerprint density at radius 2 is 1.96 bits per heavy atom. The van der Waals surface area contributed by atoms with Crippen LogP contribution in [0.4, 0.5) is 5.69 Å². The number of fused-ring (bicyclic) bond motifs is 1. The highest BCUT2D eigenvalue weighted by Gasteiger charge is 2.37. The number of amides is 2. The minimum Gasteiger partial charge on any atom is -0.396 e. The molecule has 3 heterocycles. The Labute approximate surface area is 147 Å². The molecule has 4 rings (SSSR count). The smallest absolute Gasteiger partial charge is 0.255 e. The largest absolute Gasteiger partial charge is 0.396 e. The number of aliphatic hydroxyl groups is 1. The average Bonchev–Trinajstić information content (AvgIpc) is 2.98. The van der Waals surface area contributed by atoms with Gasteiger partial charge in [-0.3, -0.25) is 9.59 Å². The van der Waals surface area contributed by atoms with Gasteiger partial charge < -0.3 is 20.2 Å². The van der Waals surface area contributed by atoms with Gasteiger partial charge in [-0.25, -0.2) is 0 Å². The fourth-order valence-electron chi connectivity index (χ4n) is 4.19. The summed E-state index contributed by atoms with van der Waals surface area (Å²) in [7, 11) is 0. The Morgan fingerprint density at radius 1 is 1.16 bits per heavy atom. The van der Waals surface area contributed by atoms with E-state index in [1.807, 2.05) is 12.1 Å². The minimum absolute atomic E-state index is 0.0239. The first-order valence-corrected chi connectivity index (χ1v) is 9.25. The van der Waals surface area contributed by atoms with E-state index in [1.165, 1.54) is 0 Å². The third kappa shape index (κ3) is 2.99. The molecule has 1 aromatic rings. The van der Waals surface area contributed by atoms with Crippen molar-refractivity contribution in [2.45, 2.75) is 38.3 Å². The molecule has 3 aliphatic rings. The Morgan fingerprint density at radius 3 is 2.68 bits per heavy atom. The average molecular weight is 343 g/mol. The molecule has 1 unspecified atom stereocenters. The van der Waals surface area contributed by atoms with Gasteiger partial charge in [0.1, 0.15) is 6.04 Å². The monoisotopic (exact) mass is 343 g/mol. The molecule has 25 heavy (non-hydrogen) atoms. The maximum Gasteiger partial charge on any atom is 0.255 e. The van der Waals surface area contributed by atoms with Crippen LogP contribution in [0.5, 0.6) is 0 Å². The van der Waals surface area contributed by atoms with Crippen molar-refractivity contribution >= 4 is 17.5 Å². The van der Waals surface area contributed by atoms with Crippen molar-refractivity contribution in [2.24, 2.45) is 5.92 Å². The van der Waals surface area contributed by atoms with Crippen LogP contribution in [0.25, 0.3) is 0 Å². The zero-order chi connectivity index (χ0) is 17.4. The van der Waals surface area contributed by atoms with Crippen LogP contribution in [-0.4, -0.2) is 54.1 Å². The molecule has 1 atom stereocenters. The van der Waals surface area contributed by atoms with E-state index in [2.05, 4.69) is 16.3 Å². The van der Waals surface area contributed by atoms with E-state index in [0.717, 1.165) is 55.6 Å². The maximum absolute atomic E-state index is 12.9. The number of hydrogen-bond acceptors (Lipinski definition) is 4. The molecule has 0 spiro atoms. The number of nitrogens with one attached hydrogen (secondary N) is 1. The Bertz CT molecular complexity index is 682. The molecule has 6 heteroatoms. The van der Waals surface area contributed by atoms with Gasteiger partial charge in [-0.2, -0.15) is 0 Å². The van der Waals surface area contributed by atoms with Gasteiger partial charge in [0.2, 0.25) is 5.91 Å². The third-order valence-electron chi connectivity index (χ3n) is 5.80. The SMILES string of the molecule is O=C1NCCCC1N1Cc2ccc(N3CCC(CO)CC3)cc2C1=O. The summed E-state index contributed by atoms with van der Waals surface area (Å²) in [5.74, 6) is 0.343. The van der Waals surface area contributed by atoms with Crippen LogP contribution in [0.3, 0.4) is 0 Å². The number of anilines is 1. The van der Waals surface area contributed by atoms with Gasteiger partial charge in [-0.05, 0) is 49.3 Å². The molecule has 0 aliphatic carbocycles. The molecule has 2 N–H and O–H groups in total. The molecule has 0 radical (unpaired) electrons. The van der Waals surface area contributed by atoms with Crippen molar-refractivity contribution in [3.05, 3.63) is 29.3 Å². The number of hydrogen-bond donors (Lipinski definition) is 2. The Kier molecular flexibility index (Phi) is 4.37. The fraction of sp³-hybridized carbons (Fsp3) is 0.579. The van der Waals surface area contributed by atoms with Gasteiger partial charge in [0, 0.05) is 44.0 Å². The summed E-state index contributed by atoms with van der Waals surface area (Å²) < 4.78 is 0. The lowest BCUT2D eigenvalue weighted by Crippen LogP contribution is -2.50. The maximum atomic E-state index is 12.9. The van der Waals surface area contributed by atoms with E-state index in [-0.39, 0.29) is 24.5 Å². The lowest BCUT2D eigenvalue weighted by Gasteiger charge is -2.33. The number of aliphatic hydroxyl groups excluding tert-OH is 1. The lowest BCUT2D eigenvalue weighted by molar-refractivity contribution is -0.127. The van der Waals surface area contributed by atoms with Gasteiger partial charge in [0.15, 0.2) is 0 Å².